The van der Waals surface area contributed by atoms with Gasteiger partial charge in [0.25, 0.3) is 11.5 Å². The highest BCUT2D eigenvalue weighted by Gasteiger charge is 2.29. The molecule has 0 spiro atoms. The molecule has 10 heteroatoms. The number of aromatic nitrogens is 2. The average molecular weight is 497 g/mol. The summed E-state index contributed by atoms with van der Waals surface area (Å²) in [5.74, 6) is -1.95. The van der Waals surface area contributed by atoms with Gasteiger partial charge < -0.3 is 15.4 Å². The molecule has 36 heavy (non-hydrogen) atoms. The summed E-state index contributed by atoms with van der Waals surface area (Å²) in [6, 6.07) is 8.23. The number of rotatable bonds is 9. The maximum absolute atomic E-state index is 13.2. The Labute approximate surface area is 209 Å². The predicted molar refractivity (Wildman–Crippen MR) is 133 cm³/mol. The van der Waals surface area contributed by atoms with E-state index in [0.717, 1.165) is 5.56 Å². The van der Waals surface area contributed by atoms with Crippen LogP contribution < -0.4 is 16.2 Å². The smallest absolute Gasteiger partial charge is 0.308 e. The van der Waals surface area contributed by atoms with Gasteiger partial charge in [0.1, 0.15) is 17.1 Å². The number of ketones is 1. The first-order chi connectivity index (χ1) is 16.9. The molecular formula is C26H32N4O6. The largest absolute Gasteiger partial charge is 0.460 e. The van der Waals surface area contributed by atoms with Crippen LogP contribution in [0.4, 0.5) is 5.69 Å². The van der Waals surface area contributed by atoms with Crippen LogP contribution in [0.1, 0.15) is 68.8 Å². The second kappa shape index (κ2) is 11.3. The Morgan fingerprint density at radius 2 is 1.83 bits per heavy atom. The topological polar surface area (TPSA) is 136 Å². The molecule has 192 valence electrons. The molecule has 10 nitrogen and oxygen atoms in total. The monoisotopic (exact) mass is 496 g/mol. The molecular weight excluding hydrogens is 464 g/mol. The lowest BCUT2D eigenvalue weighted by atomic mass is 10.1. The van der Waals surface area contributed by atoms with Gasteiger partial charge in [-0.1, -0.05) is 30.3 Å². The number of nitrogens with one attached hydrogen (secondary N) is 2. The summed E-state index contributed by atoms with van der Waals surface area (Å²) in [4.78, 5) is 67.8. The molecule has 0 saturated carbocycles. The molecule has 2 N–H and O–H groups in total. The van der Waals surface area contributed by atoms with E-state index in [-0.39, 0.29) is 24.2 Å². The van der Waals surface area contributed by atoms with Gasteiger partial charge in [0.05, 0.1) is 12.5 Å². The summed E-state index contributed by atoms with van der Waals surface area (Å²) >= 11 is 0. The number of hydrogen-bond donors (Lipinski definition) is 2. The van der Waals surface area contributed by atoms with Crippen LogP contribution in [-0.4, -0.2) is 44.8 Å². The van der Waals surface area contributed by atoms with Crippen molar-refractivity contribution in [2.45, 2.75) is 78.0 Å². The molecule has 1 aliphatic rings. The normalized spacial score (nSPS) is 13.4. The van der Waals surface area contributed by atoms with E-state index in [1.807, 2.05) is 30.3 Å². The van der Waals surface area contributed by atoms with Crippen molar-refractivity contribution < 1.29 is 23.9 Å². The lowest BCUT2D eigenvalue weighted by Crippen LogP contribution is -2.43. The number of carbonyl (C=O) groups is 4. The number of hydrogen-bond acceptors (Lipinski definition) is 7. The van der Waals surface area contributed by atoms with E-state index >= 15 is 0 Å². The Balaban J connectivity index is 1.82. The molecule has 1 atom stereocenters. The maximum Gasteiger partial charge on any atom is 0.308 e. The summed E-state index contributed by atoms with van der Waals surface area (Å²) in [5, 5.41) is 5.05. The molecule has 1 unspecified atom stereocenters. The van der Waals surface area contributed by atoms with E-state index in [1.165, 1.54) is 11.5 Å². The fourth-order valence-electron chi connectivity index (χ4n) is 3.87. The molecule has 1 aromatic carbocycles. The first kappa shape index (κ1) is 26.8. The highest BCUT2D eigenvalue weighted by atomic mass is 16.6. The molecule has 0 fully saturated rings. The Bertz CT molecular complexity index is 1210. The van der Waals surface area contributed by atoms with Crippen LogP contribution in [0.15, 0.2) is 35.1 Å². The van der Waals surface area contributed by atoms with Gasteiger partial charge in [0, 0.05) is 19.4 Å². The van der Waals surface area contributed by atoms with Gasteiger partial charge in [0.2, 0.25) is 5.91 Å². The zero-order chi connectivity index (χ0) is 26.5. The molecule has 0 saturated heterocycles. The number of esters is 1. The van der Waals surface area contributed by atoms with Gasteiger partial charge in [-0.25, -0.2) is 4.98 Å². The first-order valence-corrected chi connectivity index (χ1v) is 12.0. The van der Waals surface area contributed by atoms with E-state index in [4.69, 9.17) is 4.74 Å². The van der Waals surface area contributed by atoms with Crippen molar-refractivity contribution in [3.8, 4) is 0 Å². The minimum atomic E-state index is -1.17. The quantitative estimate of drug-likeness (QED) is 0.508. The fourth-order valence-corrected chi connectivity index (χ4v) is 3.87. The molecule has 2 heterocycles. The van der Waals surface area contributed by atoms with Crippen LogP contribution in [0.2, 0.25) is 0 Å². The Hall–Kier alpha value is -3.82. The highest BCUT2D eigenvalue weighted by molar-refractivity contribution is 6.04. The van der Waals surface area contributed by atoms with Crippen LogP contribution in [0.5, 0.6) is 0 Å². The average Bonchev–Trinajstić information content (AvgIpc) is 3.27. The van der Waals surface area contributed by atoms with Crippen LogP contribution in [0.3, 0.4) is 0 Å². The van der Waals surface area contributed by atoms with E-state index in [9.17, 15) is 24.0 Å². The highest BCUT2D eigenvalue weighted by Crippen LogP contribution is 2.17. The van der Waals surface area contributed by atoms with Gasteiger partial charge >= 0.3 is 5.97 Å². The zero-order valence-corrected chi connectivity index (χ0v) is 21.1. The van der Waals surface area contributed by atoms with Crippen LogP contribution in [0.25, 0.3) is 0 Å². The third kappa shape index (κ3) is 7.10. The molecule has 0 bridgehead atoms. The lowest BCUT2D eigenvalue weighted by Gasteiger charge is -2.22. The summed E-state index contributed by atoms with van der Waals surface area (Å²) < 4.78 is 6.69. The number of Topliss-reactive ketones (excluding diaryl/α,β-unsaturated/α-hetero) is 1. The second-order valence-corrected chi connectivity index (χ2v) is 9.77. The molecule has 0 aliphatic carbocycles. The van der Waals surface area contributed by atoms with E-state index in [0.29, 0.717) is 31.6 Å². The number of benzene rings is 1. The number of anilines is 1. The van der Waals surface area contributed by atoms with Crippen molar-refractivity contribution in [1.82, 2.24) is 14.9 Å². The standard InChI is InChI=1S/C26H32N4O6/c1-16(31)18(15-21(33)36-26(2,3)4)27-24(34)22-23(25(35)30-14-8-11-19(30)28-22)29-20(32)13-12-17-9-6-5-7-10-17/h5-7,9-10,18H,8,11-15H2,1-4H3,(H,27,34)(H,29,32). The van der Waals surface area contributed by atoms with E-state index in [2.05, 4.69) is 15.6 Å². The van der Waals surface area contributed by atoms with Crippen LogP contribution in [-0.2, 0) is 38.5 Å². The molecule has 3 rings (SSSR count). The summed E-state index contributed by atoms with van der Waals surface area (Å²) in [5.41, 5.74) is -0.842. The van der Waals surface area contributed by atoms with Crippen molar-refractivity contribution in [2.75, 3.05) is 5.32 Å². The number of carbonyl (C=O) groups excluding carboxylic acids is 4. The molecule has 1 aliphatic heterocycles. The third-order valence-electron chi connectivity index (χ3n) is 5.58. The number of fused-ring (bicyclic) bond motifs is 1. The Morgan fingerprint density at radius 1 is 1.14 bits per heavy atom. The zero-order valence-electron chi connectivity index (χ0n) is 21.1. The van der Waals surface area contributed by atoms with Gasteiger partial charge in [-0.05, 0) is 46.1 Å². The van der Waals surface area contributed by atoms with Crippen molar-refractivity contribution in [3.63, 3.8) is 0 Å². The number of aryl methyl sites for hydroxylation is 2. The molecule has 2 amide bonds. The minimum Gasteiger partial charge on any atom is -0.460 e. The second-order valence-electron chi connectivity index (χ2n) is 9.77. The minimum absolute atomic E-state index is 0.0982. The van der Waals surface area contributed by atoms with E-state index in [1.54, 1.807) is 20.8 Å². The van der Waals surface area contributed by atoms with Gasteiger partial charge in [-0.3, -0.25) is 28.5 Å². The fraction of sp³-hybridized carbons (Fsp3) is 0.462. The Morgan fingerprint density at radius 3 is 2.47 bits per heavy atom. The number of amides is 2. The molecule has 2 aromatic rings. The summed E-state index contributed by atoms with van der Waals surface area (Å²) in [7, 11) is 0. The van der Waals surface area contributed by atoms with Crippen molar-refractivity contribution in [2.24, 2.45) is 0 Å². The molecule has 1 aromatic heterocycles. The first-order valence-electron chi connectivity index (χ1n) is 12.0. The van der Waals surface area contributed by atoms with Gasteiger partial charge in [-0.15, -0.1) is 0 Å². The lowest BCUT2D eigenvalue weighted by molar-refractivity contribution is -0.156. The van der Waals surface area contributed by atoms with Gasteiger partial charge in [-0.2, -0.15) is 0 Å². The van der Waals surface area contributed by atoms with Crippen molar-refractivity contribution in [1.29, 1.82) is 0 Å². The van der Waals surface area contributed by atoms with Crippen LogP contribution in [0, 0.1) is 0 Å². The number of nitrogens with zero attached hydrogens (tertiary/aromatic N) is 2. The summed E-state index contributed by atoms with van der Waals surface area (Å²) in [6.45, 7) is 6.76. The SMILES string of the molecule is CC(=O)C(CC(=O)OC(C)(C)C)NC(=O)c1nc2n(c(=O)c1NC(=O)CCc1ccccc1)CCC2. The third-order valence-corrected chi connectivity index (χ3v) is 5.58. The maximum atomic E-state index is 13.2. The van der Waals surface area contributed by atoms with Gasteiger partial charge in [0.15, 0.2) is 11.5 Å². The van der Waals surface area contributed by atoms with Crippen molar-refractivity contribution >= 4 is 29.3 Å². The van der Waals surface area contributed by atoms with Crippen molar-refractivity contribution in [3.05, 3.63) is 57.8 Å². The van der Waals surface area contributed by atoms with E-state index < -0.39 is 40.8 Å². The summed E-state index contributed by atoms with van der Waals surface area (Å²) in [6.07, 6.45) is 1.37. The van der Waals surface area contributed by atoms with Crippen LogP contribution >= 0.6 is 0 Å². The molecule has 0 radical (unpaired) electrons. The Kier molecular flexibility index (Phi) is 8.39. The number of ether oxygens (including phenoxy) is 1. The predicted octanol–water partition coefficient (Wildman–Crippen LogP) is 2.18.